The van der Waals surface area contributed by atoms with Gasteiger partial charge in [0.15, 0.2) is 5.78 Å². The van der Waals surface area contributed by atoms with E-state index >= 15 is 0 Å². The number of Topliss-reactive ketones (excluding diaryl/α,β-unsaturated/α-hetero) is 1. The Morgan fingerprint density at radius 3 is 2.30 bits per heavy atom. The fourth-order valence-corrected chi connectivity index (χ4v) is 11.7. The number of hydrogen-bond donors (Lipinski definition) is 2. The summed E-state index contributed by atoms with van der Waals surface area (Å²) in [6.07, 6.45) is 14.2. The number of allylic oxidation sites excluding steroid dienone is 5. The van der Waals surface area contributed by atoms with Gasteiger partial charge < -0.3 is 10.2 Å². The lowest BCUT2D eigenvalue weighted by molar-refractivity contribution is -0.197. The Balaban J connectivity index is 1.41. The number of hydrogen-bond acceptors (Lipinski definition) is 3. The van der Waals surface area contributed by atoms with Crippen molar-refractivity contribution in [1.29, 1.82) is 0 Å². The molecule has 1 aromatic carbocycles. The van der Waals surface area contributed by atoms with E-state index in [0.29, 0.717) is 24.7 Å². The maximum Gasteiger partial charge on any atom is 0.312 e. The lowest BCUT2D eigenvalue weighted by Gasteiger charge is -2.70. The number of ketones is 1. The number of carbonyl (C=O) groups is 2. The number of benzene rings is 1. The van der Waals surface area contributed by atoms with Crippen LogP contribution in [0.4, 0.5) is 0 Å². The highest BCUT2D eigenvalue weighted by Crippen LogP contribution is 2.75. The van der Waals surface area contributed by atoms with E-state index in [-0.39, 0.29) is 33.4 Å². The highest BCUT2D eigenvalue weighted by atomic mass is 16.4. The van der Waals surface area contributed by atoms with Gasteiger partial charge in [-0.05, 0) is 102 Å². The number of carbonyl (C=O) groups excluding carboxylic acids is 1. The molecule has 2 N–H and O–H groups in total. The molecule has 8 atom stereocenters. The first-order valence-electron chi connectivity index (χ1n) is 16.6. The van der Waals surface area contributed by atoms with Crippen LogP contribution in [0.25, 0.3) is 6.08 Å². The molecule has 4 nitrogen and oxygen atoms in total. The van der Waals surface area contributed by atoms with Gasteiger partial charge in [0.05, 0.1) is 6.10 Å². The Bertz CT molecular complexity index is 1410. The van der Waals surface area contributed by atoms with Crippen molar-refractivity contribution < 1.29 is 19.8 Å². The number of carboxylic acids is 1. The van der Waals surface area contributed by atoms with Crippen LogP contribution >= 0.6 is 0 Å². The van der Waals surface area contributed by atoms with Crippen molar-refractivity contribution in [3.63, 3.8) is 0 Å². The molecule has 0 spiro atoms. The van der Waals surface area contributed by atoms with Gasteiger partial charge in [0.25, 0.3) is 0 Å². The summed E-state index contributed by atoms with van der Waals surface area (Å²) in [5.41, 5.74) is 1.54. The zero-order chi connectivity index (χ0) is 31.2. The van der Waals surface area contributed by atoms with Crippen LogP contribution < -0.4 is 0 Å². The molecule has 0 heterocycles. The number of aliphatic hydroxyl groups excluding tert-OH is 1. The van der Waals surface area contributed by atoms with Crippen molar-refractivity contribution in [2.24, 2.45) is 50.2 Å². The highest BCUT2D eigenvalue weighted by Gasteiger charge is 2.71. The van der Waals surface area contributed by atoms with Crippen LogP contribution in [-0.2, 0) is 9.59 Å². The van der Waals surface area contributed by atoms with Gasteiger partial charge >= 0.3 is 5.97 Å². The molecule has 4 heteroatoms. The van der Waals surface area contributed by atoms with Gasteiger partial charge in [-0.15, -0.1) is 0 Å². The minimum Gasteiger partial charge on any atom is -0.481 e. The molecule has 4 fully saturated rings. The zero-order valence-electron chi connectivity index (χ0n) is 27.4. The Morgan fingerprint density at radius 2 is 1.63 bits per heavy atom. The minimum atomic E-state index is -1.09. The molecule has 0 aromatic heterocycles. The van der Waals surface area contributed by atoms with Crippen LogP contribution in [-0.4, -0.2) is 28.1 Å². The van der Waals surface area contributed by atoms with Gasteiger partial charge in [0.2, 0.25) is 0 Å². The summed E-state index contributed by atoms with van der Waals surface area (Å²) in [5.74, 6) is 0.0136. The SMILES string of the molecule is CC1(C)C[C@@H](O)[C@]2(C(=O)O)CC[C@]3(C)C(=CC[C@@H]4[C@@]5(C)C/C(=C\C=C\c6ccccc6)C(=O)C(C)(C)[C@@H]5CC[C@]43C)[C@@H]2C1. The second-order valence-electron chi connectivity index (χ2n) is 17.0. The molecule has 5 aliphatic rings. The molecule has 0 aliphatic heterocycles. The van der Waals surface area contributed by atoms with Gasteiger partial charge in [0, 0.05) is 5.41 Å². The van der Waals surface area contributed by atoms with Crippen molar-refractivity contribution in [2.45, 2.75) is 106 Å². The second kappa shape index (κ2) is 9.77. The minimum absolute atomic E-state index is 0.0129. The van der Waals surface area contributed by atoms with E-state index in [0.717, 1.165) is 49.7 Å². The van der Waals surface area contributed by atoms with E-state index in [9.17, 15) is 19.8 Å². The molecule has 1 aromatic rings. The molecule has 6 rings (SSSR count). The van der Waals surface area contributed by atoms with E-state index < -0.39 is 22.9 Å². The lowest BCUT2D eigenvalue weighted by atomic mass is 9.33. The highest BCUT2D eigenvalue weighted by molar-refractivity contribution is 6.01. The molecule has 5 aliphatic carbocycles. The maximum absolute atomic E-state index is 14.0. The predicted octanol–water partition coefficient (Wildman–Crippen LogP) is 8.66. The van der Waals surface area contributed by atoms with E-state index in [2.05, 4.69) is 78.8 Å². The van der Waals surface area contributed by atoms with Crippen LogP contribution in [0.2, 0.25) is 0 Å². The average molecular weight is 585 g/mol. The predicted molar refractivity (Wildman–Crippen MR) is 172 cm³/mol. The largest absolute Gasteiger partial charge is 0.481 e. The van der Waals surface area contributed by atoms with Crippen LogP contribution in [0.15, 0.2) is 59.7 Å². The maximum atomic E-state index is 14.0. The molecular weight excluding hydrogens is 532 g/mol. The third kappa shape index (κ3) is 4.17. The fraction of sp³-hybridized carbons (Fsp3) is 0.641. The average Bonchev–Trinajstić information content (AvgIpc) is 2.91. The van der Waals surface area contributed by atoms with Gasteiger partial charge in [-0.2, -0.15) is 0 Å². The van der Waals surface area contributed by atoms with Gasteiger partial charge in [-0.1, -0.05) is 109 Å². The summed E-state index contributed by atoms with van der Waals surface area (Å²) in [5, 5.41) is 22.1. The topological polar surface area (TPSA) is 74.6 Å². The first-order chi connectivity index (χ1) is 20.0. The Hall–Kier alpha value is -2.46. The molecule has 0 unspecified atom stereocenters. The lowest BCUT2D eigenvalue weighted by Crippen LogP contribution is -2.66. The quantitative estimate of drug-likeness (QED) is 0.275. The number of rotatable bonds is 3. The van der Waals surface area contributed by atoms with Gasteiger partial charge in [-0.25, -0.2) is 0 Å². The smallest absolute Gasteiger partial charge is 0.312 e. The summed E-state index contributed by atoms with van der Waals surface area (Å²) < 4.78 is 0. The van der Waals surface area contributed by atoms with Crippen LogP contribution in [0.1, 0.15) is 105 Å². The normalized spacial score (nSPS) is 44.1. The molecule has 0 bridgehead atoms. The van der Waals surface area contributed by atoms with Crippen LogP contribution in [0.5, 0.6) is 0 Å². The summed E-state index contributed by atoms with van der Waals surface area (Å²) in [6, 6.07) is 10.2. The summed E-state index contributed by atoms with van der Waals surface area (Å²) in [4.78, 5) is 27.0. The molecule has 0 amide bonds. The zero-order valence-corrected chi connectivity index (χ0v) is 27.4. The van der Waals surface area contributed by atoms with Crippen molar-refractivity contribution in [3.8, 4) is 0 Å². The molecule has 0 saturated heterocycles. The van der Waals surface area contributed by atoms with Crippen LogP contribution in [0, 0.1) is 50.2 Å². The first-order valence-corrected chi connectivity index (χ1v) is 16.6. The standard InChI is InChI=1S/C39H52O4/c1-34(2)23-28-27-16-17-30-36(5)22-26(15-11-14-25-12-9-8-10-13-25)32(41)35(3,4)29(36)18-19-38(30,7)37(27,6)20-21-39(28,33(42)43)31(40)24-34/h8-16,28-31,40H,17-24H2,1-7H3,(H,42,43)/b14-11+,26-15+/t28-,29-,30+,31+,36-,37+,38+,39-/m0/s1. The number of aliphatic hydroxyl groups is 1. The molecule has 43 heavy (non-hydrogen) atoms. The molecule has 4 saturated carbocycles. The number of carboxylic acid groups (broad SMARTS) is 1. The third-order valence-corrected chi connectivity index (χ3v) is 14.0. The molecule has 0 radical (unpaired) electrons. The molecule has 232 valence electrons. The Kier molecular flexibility index (Phi) is 6.94. The van der Waals surface area contributed by atoms with Gasteiger partial charge in [0.1, 0.15) is 5.41 Å². The monoisotopic (exact) mass is 584 g/mol. The Labute approximate surface area is 258 Å². The third-order valence-electron chi connectivity index (χ3n) is 14.0. The second-order valence-corrected chi connectivity index (χ2v) is 17.0. The molecular formula is C39H52O4. The van der Waals surface area contributed by atoms with Gasteiger partial charge in [-0.3, -0.25) is 9.59 Å². The van der Waals surface area contributed by atoms with E-state index in [1.54, 1.807) is 0 Å². The van der Waals surface area contributed by atoms with Crippen LogP contribution in [0.3, 0.4) is 0 Å². The fourth-order valence-electron chi connectivity index (χ4n) is 11.7. The summed E-state index contributed by atoms with van der Waals surface area (Å²) >= 11 is 0. The summed E-state index contributed by atoms with van der Waals surface area (Å²) in [6.45, 7) is 16.1. The Morgan fingerprint density at radius 1 is 0.930 bits per heavy atom. The first kappa shape index (κ1) is 30.6. The van der Waals surface area contributed by atoms with E-state index in [1.165, 1.54) is 5.57 Å². The van der Waals surface area contributed by atoms with Crippen molar-refractivity contribution >= 4 is 17.8 Å². The van der Waals surface area contributed by atoms with Crippen molar-refractivity contribution in [3.05, 3.63) is 65.3 Å². The number of fused-ring (bicyclic) bond motifs is 7. The van der Waals surface area contributed by atoms with Crippen molar-refractivity contribution in [1.82, 2.24) is 0 Å². The van der Waals surface area contributed by atoms with Crippen molar-refractivity contribution in [2.75, 3.05) is 0 Å². The van der Waals surface area contributed by atoms with E-state index in [4.69, 9.17) is 0 Å². The number of aliphatic carboxylic acids is 1. The summed E-state index contributed by atoms with van der Waals surface area (Å²) in [7, 11) is 0. The van der Waals surface area contributed by atoms with E-state index in [1.807, 2.05) is 24.3 Å².